The number of carbonyl (C=O) groups is 1. The highest BCUT2D eigenvalue weighted by Gasteiger charge is 2.01. The summed E-state index contributed by atoms with van der Waals surface area (Å²) in [7, 11) is 0. The van der Waals surface area contributed by atoms with Crippen LogP contribution in [-0.4, -0.2) is 17.7 Å². The number of nitrogens with two attached hydrogens (primary N) is 1. The van der Waals surface area contributed by atoms with E-state index in [4.69, 9.17) is 10.8 Å². The second-order valence-electron chi connectivity index (χ2n) is 3.31. The lowest BCUT2D eigenvalue weighted by atomic mass is 10.1. The van der Waals surface area contributed by atoms with Gasteiger partial charge in [-0.15, -0.1) is 0 Å². The Balaban J connectivity index is 2.99. The molecule has 0 atom stereocenters. The number of hydrogen-bond donors (Lipinski definition) is 3. The van der Waals surface area contributed by atoms with Crippen LogP contribution in [0.4, 0.5) is 10.5 Å². The topological polar surface area (TPSA) is 75.3 Å². The summed E-state index contributed by atoms with van der Waals surface area (Å²) < 4.78 is 0. The van der Waals surface area contributed by atoms with E-state index in [0.29, 0.717) is 17.7 Å². The van der Waals surface area contributed by atoms with Crippen molar-refractivity contribution in [1.82, 2.24) is 0 Å². The number of aliphatic hydroxyl groups is 1. The van der Waals surface area contributed by atoms with Crippen LogP contribution in [0.2, 0.25) is 0 Å². The van der Waals surface area contributed by atoms with Gasteiger partial charge < -0.3 is 16.2 Å². The Labute approximate surface area is 94.5 Å². The van der Waals surface area contributed by atoms with Gasteiger partial charge in [-0.2, -0.15) is 0 Å². The molecule has 2 amide bonds. The van der Waals surface area contributed by atoms with Gasteiger partial charge in [0.05, 0.1) is 12.3 Å². The highest BCUT2D eigenvalue weighted by atomic mass is 16.2. The minimum absolute atomic E-state index is 0.0252. The smallest absolute Gasteiger partial charge is 0.316 e. The van der Waals surface area contributed by atoms with Crippen LogP contribution < -0.4 is 11.1 Å². The summed E-state index contributed by atoms with van der Waals surface area (Å²) in [6.07, 6.45) is 0.407. The molecule has 0 radical (unpaired) electrons. The summed E-state index contributed by atoms with van der Waals surface area (Å²) in [5.74, 6) is 5.68. The summed E-state index contributed by atoms with van der Waals surface area (Å²) >= 11 is 0. The number of benzene rings is 1. The summed E-state index contributed by atoms with van der Waals surface area (Å²) in [4.78, 5) is 10.8. The molecule has 84 valence electrons. The van der Waals surface area contributed by atoms with Gasteiger partial charge in [-0.3, -0.25) is 0 Å². The average Bonchev–Trinajstić information content (AvgIpc) is 2.22. The van der Waals surface area contributed by atoms with E-state index in [2.05, 4.69) is 17.2 Å². The Morgan fingerprint density at radius 2 is 2.31 bits per heavy atom. The number of amides is 2. The van der Waals surface area contributed by atoms with Gasteiger partial charge in [0.15, 0.2) is 0 Å². The number of urea groups is 1. The van der Waals surface area contributed by atoms with Gasteiger partial charge >= 0.3 is 6.03 Å². The molecule has 4 N–H and O–H groups in total. The van der Waals surface area contributed by atoms with E-state index in [-0.39, 0.29) is 6.61 Å². The lowest BCUT2D eigenvalue weighted by molar-refractivity contribution is 0.259. The number of aryl methyl sites for hydroxylation is 1. The third-order valence-electron chi connectivity index (χ3n) is 1.89. The first-order chi connectivity index (χ1) is 7.63. The number of primary amides is 1. The van der Waals surface area contributed by atoms with Gasteiger partial charge in [0.1, 0.15) is 0 Å². The first kappa shape index (κ1) is 12.1. The zero-order valence-corrected chi connectivity index (χ0v) is 9.08. The average molecular weight is 218 g/mol. The summed E-state index contributed by atoms with van der Waals surface area (Å²) in [5.41, 5.74) is 7.38. The summed E-state index contributed by atoms with van der Waals surface area (Å²) in [6, 6.07) is 4.86. The molecule has 0 aromatic heterocycles. The highest BCUT2D eigenvalue weighted by Crippen LogP contribution is 2.16. The Morgan fingerprint density at radius 1 is 1.56 bits per heavy atom. The molecule has 1 rings (SSSR count). The van der Waals surface area contributed by atoms with Gasteiger partial charge in [0.25, 0.3) is 0 Å². The van der Waals surface area contributed by atoms with Crippen LogP contribution in [0.1, 0.15) is 17.5 Å². The Hall–Kier alpha value is -1.99. The molecular formula is C12H14N2O2. The van der Waals surface area contributed by atoms with Crippen LogP contribution in [-0.2, 0) is 0 Å². The third kappa shape index (κ3) is 3.64. The largest absolute Gasteiger partial charge is 0.395 e. The summed E-state index contributed by atoms with van der Waals surface area (Å²) in [5, 5.41) is 11.1. The van der Waals surface area contributed by atoms with Crippen molar-refractivity contribution in [3.63, 3.8) is 0 Å². The van der Waals surface area contributed by atoms with Gasteiger partial charge in [-0.05, 0) is 24.6 Å². The minimum atomic E-state index is -0.617. The molecule has 1 aromatic rings. The van der Waals surface area contributed by atoms with Crippen LogP contribution in [0.5, 0.6) is 0 Å². The zero-order chi connectivity index (χ0) is 12.0. The minimum Gasteiger partial charge on any atom is -0.395 e. The zero-order valence-electron chi connectivity index (χ0n) is 9.08. The number of nitrogens with one attached hydrogen (secondary N) is 1. The predicted molar refractivity (Wildman–Crippen MR) is 63.0 cm³/mol. The fourth-order valence-electron chi connectivity index (χ4n) is 1.22. The molecule has 0 saturated heterocycles. The molecular weight excluding hydrogens is 204 g/mol. The number of anilines is 1. The number of hydrogen-bond acceptors (Lipinski definition) is 2. The molecule has 16 heavy (non-hydrogen) atoms. The molecule has 0 fully saturated rings. The highest BCUT2D eigenvalue weighted by molar-refractivity contribution is 5.89. The fourth-order valence-corrected chi connectivity index (χ4v) is 1.22. The number of aliphatic hydroxyl groups excluding tert-OH is 1. The van der Waals surface area contributed by atoms with E-state index in [0.717, 1.165) is 5.56 Å². The molecule has 0 saturated carbocycles. The van der Waals surface area contributed by atoms with Gasteiger partial charge in [0, 0.05) is 12.0 Å². The molecule has 0 unspecified atom stereocenters. The molecule has 4 nitrogen and oxygen atoms in total. The molecule has 0 aliphatic rings. The van der Waals surface area contributed by atoms with Crippen molar-refractivity contribution in [1.29, 1.82) is 0 Å². The molecule has 0 bridgehead atoms. The van der Waals surface area contributed by atoms with Crippen molar-refractivity contribution in [2.45, 2.75) is 13.3 Å². The SMILES string of the molecule is Cc1ccc(NC(N)=O)c(C#CCCO)c1. The van der Waals surface area contributed by atoms with Crippen molar-refractivity contribution in [2.75, 3.05) is 11.9 Å². The quantitative estimate of drug-likeness (QED) is 0.653. The maximum Gasteiger partial charge on any atom is 0.316 e. The van der Waals surface area contributed by atoms with E-state index < -0.39 is 6.03 Å². The first-order valence-electron chi connectivity index (χ1n) is 4.90. The standard InChI is InChI=1S/C12H14N2O2/c1-9-5-6-11(14-12(13)16)10(8-9)4-2-3-7-15/h5-6,8,15H,3,7H2,1H3,(H3,13,14,16). The Kier molecular flexibility index (Phi) is 4.37. The molecule has 4 heteroatoms. The molecule has 1 aromatic carbocycles. The lowest BCUT2D eigenvalue weighted by Crippen LogP contribution is -2.19. The van der Waals surface area contributed by atoms with E-state index >= 15 is 0 Å². The van der Waals surface area contributed by atoms with Crippen molar-refractivity contribution in [2.24, 2.45) is 5.73 Å². The maximum absolute atomic E-state index is 10.8. The van der Waals surface area contributed by atoms with E-state index in [1.165, 1.54) is 0 Å². The maximum atomic E-state index is 10.8. The van der Waals surface area contributed by atoms with E-state index in [1.807, 2.05) is 19.1 Å². The Bertz CT molecular complexity index is 444. The monoisotopic (exact) mass is 218 g/mol. The van der Waals surface area contributed by atoms with Crippen LogP contribution in [0.25, 0.3) is 0 Å². The van der Waals surface area contributed by atoms with Gasteiger partial charge in [0.2, 0.25) is 0 Å². The van der Waals surface area contributed by atoms with Crippen molar-refractivity contribution >= 4 is 11.7 Å². The van der Waals surface area contributed by atoms with Crippen LogP contribution in [0, 0.1) is 18.8 Å². The van der Waals surface area contributed by atoms with Crippen LogP contribution in [0.15, 0.2) is 18.2 Å². The van der Waals surface area contributed by atoms with Gasteiger partial charge in [-0.25, -0.2) is 4.79 Å². The molecule has 0 spiro atoms. The fraction of sp³-hybridized carbons (Fsp3) is 0.250. The van der Waals surface area contributed by atoms with Crippen molar-refractivity contribution in [3.8, 4) is 11.8 Å². The lowest BCUT2D eigenvalue weighted by Gasteiger charge is -2.05. The van der Waals surface area contributed by atoms with Crippen LogP contribution in [0.3, 0.4) is 0 Å². The molecule has 0 heterocycles. The Morgan fingerprint density at radius 3 is 2.94 bits per heavy atom. The number of carbonyl (C=O) groups excluding carboxylic acids is 1. The normalized spacial score (nSPS) is 9.12. The third-order valence-corrected chi connectivity index (χ3v) is 1.89. The second kappa shape index (κ2) is 5.79. The van der Waals surface area contributed by atoms with E-state index in [1.54, 1.807) is 6.07 Å². The summed E-state index contributed by atoms with van der Waals surface area (Å²) in [6.45, 7) is 1.96. The first-order valence-corrected chi connectivity index (χ1v) is 4.90. The second-order valence-corrected chi connectivity index (χ2v) is 3.31. The van der Waals surface area contributed by atoms with E-state index in [9.17, 15) is 4.79 Å². The van der Waals surface area contributed by atoms with Gasteiger partial charge in [-0.1, -0.05) is 17.9 Å². The van der Waals surface area contributed by atoms with Crippen molar-refractivity contribution in [3.05, 3.63) is 29.3 Å². The number of rotatable bonds is 2. The molecule has 0 aliphatic heterocycles. The predicted octanol–water partition coefficient (Wildman–Crippen LogP) is 1.22. The van der Waals surface area contributed by atoms with Crippen LogP contribution >= 0.6 is 0 Å². The molecule has 0 aliphatic carbocycles. The van der Waals surface area contributed by atoms with Crippen molar-refractivity contribution < 1.29 is 9.90 Å².